The molecular formula is C21H36N4O2. The van der Waals surface area contributed by atoms with E-state index in [1.807, 2.05) is 6.92 Å². The smallest absolute Gasteiger partial charge is 0.146 e. The van der Waals surface area contributed by atoms with E-state index in [0.29, 0.717) is 6.42 Å². The number of nitrogens with one attached hydrogen (secondary N) is 1. The summed E-state index contributed by atoms with van der Waals surface area (Å²) in [5, 5.41) is 3.40. The number of aryl methyl sites for hydroxylation is 2. The van der Waals surface area contributed by atoms with E-state index in [0.717, 1.165) is 70.9 Å². The van der Waals surface area contributed by atoms with Gasteiger partial charge in [-0.1, -0.05) is 6.07 Å². The van der Waals surface area contributed by atoms with Gasteiger partial charge in [0.15, 0.2) is 0 Å². The number of Topliss-reactive ketones (excluding diaryl/α,β-unsaturated/α-hetero) is 1. The van der Waals surface area contributed by atoms with Crippen LogP contribution in [0.4, 0.5) is 5.82 Å². The molecule has 1 aliphatic rings. The van der Waals surface area contributed by atoms with Gasteiger partial charge in [-0.15, -0.1) is 0 Å². The second-order valence-corrected chi connectivity index (χ2v) is 7.34. The van der Waals surface area contributed by atoms with Crippen LogP contribution < -0.4 is 11.1 Å². The van der Waals surface area contributed by atoms with E-state index in [9.17, 15) is 4.79 Å². The summed E-state index contributed by atoms with van der Waals surface area (Å²) < 4.78 is 5.49. The average molecular weight is 377 g/mol. The van der Waals surface area contributed by atoms with E-state index >= 15 is 0 Å². The molecule has 0 bridgehead atoms. The number of carbonyl (C=O) groups is 1. The molecule has 2 heterocycles. The van der Waals surface area contributed by atoms with Gasteiger partial charge in [-0.2, -0.15) is 0 Å². The lowest BCUT2D eigenvalue weighted by Gasteiger charge is -2.23. The Kier molecular flexibility index (Phi) is 9.73. The summed E-state index contributed by atoms with van der Waals surface area (Å²) in [4.78, 5) is 18.5. The van der Waals surface area contributed by atoms with Crippen molar-refractivity contribution in [2.75, 3.05) is 44.7 Å². The van der Waals surface area contributed by atoms with Crippen molar-refractivity contribution in [1.29, 1.82) is 0 Å². The lowest BCUT2D eigenvalue weighted by molar-refractivity contribution is -0.118. The summed E-state index contributed by atoms with van der Waals surface area (Å²) in [7, 11) is 0. The van der Waals surface area contributed by atoms with Crippen LogP contribution in [0, 0.1) is 0 Å². The molecule has 1 aliphatic heterocycles. The molecule has 2 rings (SSSR count). The summed E-state index contributed by atoms with van der Waals surface area (Å²) >= 11 is 0. The number of ketones is 1. The Morgan fingerprint density at radius 3 is 2.96 bits per heavy atom. The van der Waals surface area contributed by atoms with Crippen molar-refractivity contribution in [2.24, 2.45) is 5.73 Å². The van der Waals surface area contributed by atoms with Crippen LogP contribution in [-0.4, -0.2) is 61.1 Å². The molecule has 0 unspecified atom stereocenters. The number of hydrogen-bond acceptors (Lipinski definition) is 6. The lowest BCUT2D eigenvalue weighted by Crippen LogP contribution is -2.36. The Morgan fingerprint density at radius 1 is 1.33 bits per heavy atom. The fraction of sp³-hybridized carbons (Fsp3) is 0.714. The average Bonchev–Trinajstić information content (AvgIpc) is 2.68. The maximum atomic E-state index is 11.4. The SMILES string of the molecule is CCOCCN(CCCCc1ccc2c(n1)NCCC2)CC[C@H](N)C(C)=O. The van der Waals surface area contributed by atoms with Crippen molar-refractivity contribution < 1.29 is 9.53 Å². The molecule has 0 saturated carbocycles. The summed E-state index contributed by atoms with van der Waals surface area (Å²) in [5.74, 6) is 1.14. The Bertz CT molecular complexity index is 579. The third-order valence-electron chi connectivity index (χ3n) is 5.14. The molecule has 1 aromatic rings. The molecule has 0 aliphatic carbocycles. The van der Waals surface area contributed by atoms with Gasteiger partial charge in [-0.3, -0.25) is 4.79 Å². The van der Waals surface area contributed by atoms with Crippen molar-refractivity contribution in [1.82, 2.24) is 9.88 Å². The molecule has 0 spiro atoms. The van der Waals surface area contributed by atoms with Crippen LogP contribution in [0.3, 0.4) is 0 Å². The standard InChI is InChI=1S/C21H36N4O2/c1-3-27-16-15-25(14-11-20(22)17(2)26)13-5-4-8-19-10-9-18-7-6-12-23-21(18)24-19/h9-10,20H,3-8,11-16,22H2,1-2H3,(H,23,24)/t20-/m0/s1. The van der Waals surface area contributed by atoms with Crippen molar-refractivity contribution in [3.05, 3.63) is 23.4 Å². The fourth-order valence-electron chi connectivity index (χ4n) is 3.35. The maximum Gasteiger partial charge on any atom is 0.146 e. The van der Waals surface area contributed by atoms with Crippen molar-refractivity contribution in [3.63, 3.8) is 0 Å². The van der Waals surface area contributed by atoms with Crippen molar-refractivity contribution in [3.8, 4) is 0 Å². The van der Waals surface area contributed by atoms with E-state index in [1.165, 1.54) is 17.7 Å². The normalized spacial score (nSPS) is 14.7. The molecule has 1 atom stereocenters. The molecule has 3 N–H and O–H groups in total. The summed E-state index contributed by atoms with van der Waals surface area (Å²) in [6.07, 6.45) is 6.25. The van der Waals surface area contributed by atoms with Crippen LogP contribution in [0.1, 0.15) is 50.8 Å². The Balaban J connectivity index is 1.73. The molecule has 6 heteroatoms. The first-order valence-corrected chi connectivity index (χ1v) is 10.4. The maximum absolute atomic E-state index is 11.4. The molecule has 0 aromatic carbocycles. The zero-order valence-electron chi connectivity index (χ0n) is 17.0. The number of carbonyl (C=O) groups excluding carboxylic acids is 1. The van der Waals surface area contributed by atoms with Crippen LogP contribution in [0.25, 0.3) is 0 Å². The lowest BCUT2D eigenvalue weighted by atomic mass is 10.1. The Hall–Kier alpha value is -1.50. The van der Waals surface area contributed by atoms with Crippen LogP contribution in [0.15, 0.2) is 12.1 Å². The van der Waals surface area contributed by atoms with Gasteiger partial charge < -0.3 is 20.7 Å². The monoisotopic (exact) mass is 376 g/mol. The third-order valence-corrected chi connectivity index (χ3v) is 5.14. The highest BCUT2D eigenvalue weighted by atomic mass is 16.5. The van der Waals surface area contributed by atoms with Crippen LogP contribution in [-0.2, 0) is 22.4 Å². The molecule has 1 aromatic heterocycles. The van der Waals surface area contributed by atoms with E-state index < -0.39 is 0 Å². The van der Waals surface area contributed by atoms with Gasteiger partial charge in [0.1, 0.15) is 11.6 Å². The molecule has 152 valence electrons. The van der Waals surface area contributed by atoms with E-state index in [-0.39, 0.29) is 11.8 Å². The molecule has 0 radical (unpaired) electrons. The first-order valence-electron chi connectivity index (χ1n) is 10.4. The molecular weight excluding hydrogens is 340 g/mol. The number of pyridine rings is 1. The van der Waals surface area contributed by atoms with Gasteiger partial charge in [0.2, 0.25) is 0 Å². The Morgan fingerprint density at radius 2 is 2.19 bits per heavy atom. The highest BCUT2D eigenvalue weighted by Crippen LogP contribution is 2.20. The highest BCUT2D eigenvalue weighted by Gasteiger charge is 2.12. The number of anilines is 1. The van der Waals surface area contributed by atoms with E-state index in [2.05, 4.69) is 22.3 Å². The molecule has 6 nitrogen and oxygen atoms in total. The fourth-order valence-corrected chi connectivity index (χ4v) is 3.35. The molecule has 27 heavy (non-hydrogen) atoms. The topological polar surface area (TPSA) is 80.5 Å². The highest BCUT2D eigenvalue weighted by molar-refractivity contribution is 5.81. The van der Waals surface area contributed by atoms with Crippen molar-refractivity contribution in [2.45, 2.75) is 58.4 Å². The number of rotatable bonds is 13. The predicted octanol–water partition coefficient (Wildman–Crippen LogP) is 2.41. The van der Waals surface area contributed by atoms with Gasteiger partial charge in [-0.05, 0) is 70.5 Å². The van der Waals surface area contributed by atoms with Crippen molar-refractivity contribution >= 4 is 11.6 Å². The number of unbranched alkanes of at least 4 members (excludes halogenated alkanes) is 1. The zero-order valence-corrected chi connectivity index (χ0v) is 17.0. The number of ether oxygens (including phenoxy) is 1. The van der Waals surface area contributed by atoms with Gasteiger partial charge in [0.25, 0.3) is 0 Å². The van der Waals surface area contributed by atoms with Gasteiger partial charge in [-0.25, -0.2) is 4.98 Å². The summed E-state index contributed by atoms with van der Waals surface area (Å²) in [6, 6.07) is 4.04. The summed E-state index contributed by atoms with van der Waals surface area (Å²) in [6.45, 7) is 8.80. The van der Waals surface area contributed by atoms with Gasteiger partial charge >= 0.3 is 0 Å². The van der Waals surface area contributed by atoms with E-state index in [1.54, 1.807) is 6.92 Å². The minimum absolute atomic E-state index is 0.0619. The second-order valence-electron chi connectivity index (χ2n) is 7.34. The first-order chi connectivity index (χ1) is 13.1. The zero-order chi connectivity index (χ0) is 19.5. The first kappa shape index (κ1) is 21.8. The van der Waals surface area contributed by atoms with Crippen LogP contribution in [0.2, 0.25) is 0 Å². The minimum atomic E-state index is -0.355. The van der Waals surface area contributed by atoms with Gasteiger partial charge in [0.05, 0.1) is 12.6 Å². The number of nitrogens with two attached hydrogens (primary N) is 1. The minimum Gasteiger partial charge on any atom is -0.380 e. The number of fused-ring (bicyclic) bond motifs is 1. The quantitative estimate of drug-likeness (QED) is 0.515. The summed E-state index contributed by atoms with van der Waals surface area (Å²) in [5.41, 5.74) is 8.40. The molecule has 0 amide bonds. The number of nitrogens with zero attached hydrogens (tertiary/aromatic N) is 2. The van der Waals surface area contributed by atoms with Crippen LogP contribution in [0.5, 0.6) is 0 Å². The van der Waals surface area contributed by atoms with E-state index in [4.69, 9.17) is 15.5 Å². The number of hydrogen-bond donors (Lipinski definition) is 2. The Labute approximate surface area is 163 Å². The van der Waals surface area contributed by atoms with Crippen LogP contribution >= 0.6 is 0 Å². The predicted molar refractivity (Wildman–Crippen MR) is 110 cm³/mol. The van der Waals surface area contributed by atoms with Gasteiger partial charge in [0, 0.05) is 31.9 Å². The molecule has 0 fully saturated rings. The third kappa shape index (κ3) is 7.95. The second kappa shape index (κ2) is 12.1. The molecule has 0 saturated heterocycles. The number of aromatic nitrogens is 1. The largest absolute Gasteiger partial charge is 0.380 e.